The Morgan fingerprint density at radius 2 is 2.04 bits per heavy atom. The first-order chi connectivity index (χ1) is 11.5. The molecule has 1 heterocycles. The summed E-state index contributed by atoms with van der Waals surface area (Å²) in [5, 5.41) is 9.52. The number of aliphatic hydroxyl groups is 1. The van der Waals surface area contributed by atoms with Crippen molar-refractivity contribution in [1.82, 2.24) is 9.80 Å². The molecule has 1 atom stereocenters. The van der Waals surface area contributed by atoms with Crippen LogP contribution in [-0.4, -0.2) is 59.6 Å². The molecule has 132 valence electrons. The van der Waals surface area contributed by atoms with Crippen molar-refractivity contribution in [2.45, 2.75) is 44.8 Å². The molecular weight excluding hydrogens is 307 g/mol. The smallest absolute Gasteiger partial charge is 0.253 e. The monoisotopic (exact) mass is 334 g/mol. The number of halogens is 1. The Hall–Kier alpha value is -1.46. The van der Waals surface area contributed by atoms with Gasteiger partial charge in [0.15, 0.2) is 0 Å². The highest BCUT2D eigenvalue weighted by Crippen LogP contribution is 2.31. The third-order valence-corrected chi connectivity index (χ3v) is 5.55. The van der Waals surface area contributed by atoms with Crippen LogP contribution in [0.5, 0.6) is 0 Å². The van der Waals surface area contributed by atoms with Gasteiger partial charge in [-0.25, -0.2) is 4.39 Å². The van der Waals surface area contributed by atoms with Crippen molar-refractivity contribution in [1.29, 1.82) is 0 Å². The van der Waals surface area contributed by atoms with Crippen LogP contribution in [0.1, 0.15) is 41.6 Å². The van der Waals surface area contributed by atoms with E-state index in [4.69, 9.17) is 0 Å². The molecule has 2 aliphatic rings. The Morgan fingerprint density at radius 1 is 1.38 bits per heavy atom. The van der Waals surface area contributed by atoms with Crippen LogP contribution in [-0.2, 0) is 0 Å². The van der Waals surface area contributed by atoms with Crippen molar-refractivity contribution in [3.05, 3.63) is 35.1 Å². The first-order valence-electron chi connectivity index (χ1n) is 8.89. The normalized spacial score (nSPS) is 20.8. The molecule has 1 aliphatic heterocycles. The molecule has 1 aliphatic carbocycles. The van der Waals surface area contributed by atoms with Crippen LogP contribution in [0, 0.1) is 18.7 Å². The fourth-order valence-electron chi connectivity index (χ4n) is 4.02. The Balaban J connectivity index is 1.74. The second-order valence-corrected chi connectivity index (χ2v) is 7.36. The van der Waals surface area contributed by atoms with Gasteiger partial charge in [-0.2, -0.15) is 0 Å². The number of rotatable bonds is 5. The molecule has 3 rings (SSSR count). The maximum atomic E-state index is 13.5. The average molecular weight is 334 g/mol. The zero-order valence-corrected chi connectivity index (χ0v) is 14.5. The van der Waals surface area contributed by atoms with E-state index in [0.29, 0.717) is 30.1 Å². The first kappa shape index (κ1) is 17.4. The first-order valence-corrected chi connectivity index (χ1v) is 8.89. The third-order valence-electron chi connectivity index (χ3n) is 5.55. The van der Waals surface area contributed by atoms with E-state index < -0.39 is 0 Å². The summed E-state index contributed by atoms with van der Waals surface area (Å²) in [7, 11) is 1.86. The van der Waals surface area contributed by atoms with Gasteiger partial charge >= 0.3 is 0 Å². The highest BCUT2D eigenvalue weighted by atomic mass is 19.1. The standard InChI is InChI=1S/C19H27FN2O2/c1-13-9-15(7-8-17(13)20)19(24)21(2)18(14-5-3-4-6-14)12-22-10-16(23)11-22/h7-9,14,16,18,23H,3-6,10-12H2,1-2H3. The lowest BCUT2D eigenvalue weighted by Crippen LogP contribution is -2.57. The second kappa shape index (κ2) is 7.19. The predicted molar refractivity (Wildman–Crippen MR) is 91.4 cm³/mol. The van der Waals surface area contributed by atoms with Crippen LogP contribution in [0.3, 0.4) is 0 Å². The van der Waals surface area contributed by atoms with Gasteiger partial charge in [-0.1, -0.05) is 12.8 Å². The maximum Gasteiger partial charge on any atom is 0.253 e. The SMILES string of the molecule is Cc1cc(C(=O)N(C)C(CN2CC(O)C2)C2CCCC2)ccc1F. The van der Waals surface area contributed by atoms with E-state index in [1.807, 2.05) is 11.9 Å². The average Bonchev–Trinajstić information content (AvgIpc) is 3.06. The number of benzene rings is 1. The molecule has 1 N–H and O–H groups in total. The number of hydrogen-bond acceptors (Lipinski definition) is 3. The molecule has 24 heavy (non-hydrogen) atoms. The van der Waals surface area contributed by atoms with Crippen molar-refractivity contribution in [2.75, 3.05) is 26.7 Å². The number of nitrogens with zero attached hydrogens (tertiary/aromatic N) is 2. The van der Waals surface area contributed by atoms with E-state index in [2.05, 4.69) is 4.90 Å². The van der Waals surface area contributed by atoms with Crippen molar-refractivity contribution < 1.29 is 14.3 Å². The van der Waals surface area contributed by atoms with Crippen molar-refractivity contribution in [2.24, 2.45) is 5.92 Å². The van der Waals surface area contributed by atoms with Crippen LogP contribution in [0.4, 0.5) is 4.39 Å². The van der Waals surface area contributed by atoms with Crippen molar-refractivity contribution >= 4 is 5.91 Å². The summed E-state index contributed by atoms with van der Waals surface area (Å²) in [6.45, 7) is 3.88. The summed E-state index contributed by atoms with van der Waals surface area (Å²) in [5.41, 5.74) is 1.04. The van der Waals surface area contributed by atoms with E-state index in [0.717, 1.165) is 19.4 Å². The maximum absolute atomic E-state index is 13.5. The van der Waals surface area contributed by atoms with Gasteiger partial charge in [0.1, 0.15) is 5.82 Å². The summed E-state index contributed by atoms with van der Waals surface area (Å²) < 4.78 is 13.5. The molecule has 1 saturated carbocycles. The van der Waals surface area contributed by atoms with Crippen molar-refractivity contribution in [3.8, 4) is 0 Å². The Bertz CT molecular complexity index is 595. The molecule has 1 unspecified atom stereocenters. The Kier molecular flexibility index (Phi) is 5.21. The Morgan fingerprint density at radius 3 is 2.62 bits per heavy atom. The molecular formula is C19H27FN2O2. The largest absolute Gasteiger partial charge is 0.390 e. The third kappa shape index (κ3) is 3.62. The number of hydrogen-bond donors (Lipinski definition) is 1. The van der Waals surface area contributed by atoms with Gasteiger partial charge in [0.25, 0.3) is 5.91 Å². The molecule has 1 saturated heterocycles. The second-order valence-electron chi connectivity index (χ2n) is 7.36. The fraction of sp³-hybridized carbons (Fsp3) is 0.632. The van der Waals surface area contributed by atoms with E-state index in [1.165, 1.54) is 18.9 Å². The minimum atomic E-state index is -0.281. The topological polar surface area (TPSA) is 43.8 Å². The Labute approximate surface area is 143 Å². The predicted octanol–water partition coefficient (Wildman–Crippen LogP) is 2.44. The van der Waals surface area contributed by atoms with Crippen molar-refractivity contribution in [3.63, 3.8) is 0 Å². The molecule has 0 radical (unpaired) electrons. The number of carbonyl (C=O) groups is 1. The molecule has 1 aromatic rings. The summed E-state index contributed by atoms with van der Waals surface area (Å²) in [6.07, 6.45) is 4.53. The summed E-state index contributed by atoms with van der Waals surface area (Å²) in [6, 6.07) is 4.72. The van der Waals surface area contributed by atoms with E-state index in [1.54, 1.807) is 19.1 Å². The molecule has 2 fully saturated rings. The minimum absolute atomic E-state index is 0.0453. The highest BCUT2D eigenvalue weighted by Gasteiger charge is 2.35. The summed E-state index contributed by atoms with van der Waals surface area (Å²) >= 11 is 0. The van der Waals surface area contributed by atoms with E-state index in [9.17, 15) is 14.3 Å². The lowest BCUT2D eigenvalue weighted by atomic mass is 9.94. The van der Waals surface area contributed by atoms with Gasteiger partial charge < -0.3 is 10.0 Å². The van der Waals surface area contributed by atoms with Crippen LogP contribution in [0.25, 0.3) is 0 Å². The quantitative estimate of drug-likeness (QED) is 0.899. The molecule has 0 bridgehead atoms. The molecule has 1 aromatic carbocycles. The molecule has 0 aromatic heterocycles. The number of aryl methyl sites for hydroxylation is 1. The van der Waals surface area contributed by atoms with E-state index >= 15 is 0 Å². The number of likely N-dealkylation sites (tertiary alicyclic amines) is 1. The van der Waals surface area contributed by atoms with E-state index in [-0.39, 0.29) is 23.9 Å². The zero-order valence-electron chi connectivity index (χ0n) is 14.5. The number of likely N-dealkylation sites (N-methyl/N-ethyl adjacent to an activating group) is 1. The number of amides is 1. The van der Waals surface area contributed by atoms with Crippen LogP contribution in [0.2, 0.25) is 0 Å². The summed E-state index contributed by atoms with van der Waals surface area (Å²) in [4.78, 5) is 17.0. The molecule has 0 spiro atoms. The fourth-order valence-corrected chi connectivity index (χ4v) is 4.02. The number of carbonyl (C=O) groups excluding carboxylic acids is 1. The van der Waals surface area contributed by atoms with Gasteiger partial charge in [0.2, 0.25) is 0 Å². The van der Waals surface area contributed by atoms with Gasteiger partial charge in [-0.05, 0) is 49.4 Å². The van der Waals surface area contributed by atoms with Gasteiger partial charge in [-0.3, -0.25) is 9.69 Å². The number of aliphatic hydroxyl groups excluding tert-OH is 1. The van der Waals surface area contributed by atoms with Crippen LogP contribution >= 0.6 is 0 Å². The minimum Gasteiger partial charge on any atom is -0.390 e. The van der Waals surface area contributed by atoms with Gasteiger partial charge in [0, 0.05) is 38.3 Å². The molecule has 1 amide bonds. The lowest BCUT2D eigenvalue weighted by molar-refractivity contribution is -0.0166. The van der Waals surface area contributed by atoms with Gasteiger partial charge in [0.05, 0.1) is 6.10 Å². The lowest BCUT2D eigenvalue weighted by Gasteiger charge is -2.42. The van der Waals surface area contributed by atoms with Gasteiger partial charge in [-0.15, -0.1) is 0 Å². The van der Waals surface area contributed by atoms with Crippen LogP contribution in [0.15, 0.2) is 18.2 Å². The summed E-state index contributed by atoms with van der Waals surface area (Å²) in [5.74, 6) is 0.186. The number of β-amino-alcohol motifs (C(OH)–C–C–N with tert-alkyl or cyclic N) is 1. The highest BCUT2D eigenvalue weighted by molar-refractivity contribution is 5.94. The molecule has 5 heteroatoms. The zero-order chi connectivity index (χ0) is 17.3. The molecule has 4 nitrogen and oxygen atoms in total. The van der Waals surface area contributed by atoms with Crippen LogP contribution < -0.4 is 0 Å².